The Labute approximate surface area is 135 Å². The molecule has 0 bridgehead atoms. The molecule has 0 aromatic heterocycles. The molecule has 0 heterocycles. The van der Waals surface area contributed by atoms with Crippen molar-refractivity contribution in [1.82, 2.24) is 0 Å². The third kappa shape index (κ3) is 3.66. The molecule has 0 saturated carbocycles. The molecule has 0 aliphatic heterocycles. The van der Waals surface area contributed by atoms with Crippen molar-refractivity contribution in [3.63, 3.8) is 0 Å². The van der Waals surface area contributed by atoms with Crippen LogP contribution in [0.3, 0.4) is 0 Å². The number of rotatable bonds is 3. The van der Waals surface area contributed by atoms with E-state index in [9.17, 15) is 0 Å². The maximum Gasteiger partial charge on any atom is 0.125 e. The van der Waals surface area contributed by atoms with Gasteiger partial charge in [0.2, 0.25) is 0 Å². The number of benzene rings is 2. The molecule has 3 heteroatoms. The van der Waals surface area contributed by atoms with Crippen LogP contribution in [0.2, 0.25) is 0 Å². The maximum atomic E-state index is 6.41. The number of hydrogen-bond acceptors (Lipinski definition) is 2. The fourth-order valence-corrected chi connectivity index (χ4v) is 2.65. The molecule has 0 radical (unpaired) electrons. The first-order valence-electron chi connectivity index (χ1n) is 7.02. The number of nitrogens with two attached hydrogens (primary N) is 1. The van der Waals surface area contributed by atoms with Gasteiger partial charge in [-0.25, -0.2) is 0 Å². The summed E-state index contributed by atoms with van der Waals surface area (Å²) in [7, 11) is 1.67. The summed E-state index contributed by atoms with van der Waals surface area (Å²) in [6.45, 7) is 6.62. The molecule has 0 fully saturated rings. The van der Waals surface area contributed by atoms with Gasteiger partial charge in [-0.05, 0) is 28.7 Å². The van der Waals surface area contributed by atoms with Crippen molar-refractivity contribution >= 4 is 15.9 Å². The molecule has 1 unspecified atom stereocenters. The third-order valence-electron chi connectivity index (χ3n) is 3.67. The van der Waals surface area contributed by atoms with E-state index in [-0.39, 0.29) is 11.5 Å². The standard InChI is InChI=1S/C18H22BrNO/c1-18(2,3)13-7-5-12(6-8-13)17(20)15-10-9-14(19)11-16(15)21-4/h5-11,17H,20H2,1-4H3. The molecule has 21 heavy (non-hydrogen) atoms. The van der Waals surface area contributed by atoms with E-state index in [0.717, 1.165) is 21.3 Å². The van der Waals surface area contributed by atoms with Gasteiger partial charge < -0.3 is 10.5 Å². The van der Waals surface area contributed by atoms with E-state index in [1.54, 1.807) is 7.11 Å². The summed E-state index contributed by atoms with van der Waals surface area (Å²) in [5.74, 6) is 0.803. The predicted octanol–water partition coefficient (Wildman–Crippen LogP) is 4.80. The minimum atomic E-state index is -0.193. The van der Waals surface area contributed by atoms with Gasteiger partial charge in [0.15, 0.2) is 0 Å². The molecule has 112 valence electrons. The summed E-state index contributed by atoms with van der Waals surface area (Å²) in [5, 5.41) is 0. The third-order valence-corrected chi connectivity index (χ3v) is 4.16. The summed E-state index contributed by atoms with van der Waals surface area (Å²) < 4.78 is 6.42. The Morgan fingerprint density at radius 2 is 1.67 bits per heavy atom. The molecular formula is C18H22BrNO. The average molecular weight is 348 g/mol. The highest BCUT2D eigenvalue weighted by Gasteiger charge is 2.17. The van der Waals surface area contributed by atoms with Gasteiger partial charge in [0, 0.05) is 10.0 Å². The quantitative estimate of drug-likeness (QED) is 0.864. The average Bonchev–Trinajstić information content (AvgIpc) is 2.45. The Morgan fingerprint density at radius 1 is 1.05 bits per heavy atom. The molecule has 0 aliphatic carbocycles. The van der Waals surface area contributed by atoms with E-state index in [0.29, 0.717) is 0 Å². The Morgan fingerprint density at radius 3 is 2.19 bits per heavy atom. The summed E-state index contributed by atoms with van der Waals surface area (Å²) in [6, 6.07) is 14.3. The first-order valence-corrected chi connectivity index (χ1v) is 7.81. The zero-order valence-corrected chi connectivity index (χ0v) is 14.6. The highest BCUT2D eigenvalue weighted by molar-refractivity contribution is 9.10. The smallest absolute Gasteiger partial charge is 0.125 e. The van der Waals surface area contributed by atoms with E-state index in [1.165, 1.54) is 5.56 Å². The van der Waals surface area contributed by atoms with Crippen molar-refractivity contribution in [1.29, 1.82) is 0 Å². The van der Waals surface area contributed by atoms with E-state index in [1.807, 2.05) is 18.2 Å². The Bertz CT molecular complexity index is 614. The van der Waals surface area contributed by atoms with Crippen LogP contribution >= 0.6 is 15.9 Å². The van der Waals surface area contributed by atoms with Gasteiger partial charge >= 0.3 is 0 Å². The van der Waals surface area contributed by atoms with Crippen LogP contribution in [0.15, 0.2) is 46.9 Å². The zero-order valence-electron chi connectivity index (χ0n) is 13.0. The van der Waals surface area contributed by atoms with E-state index < -0.39 is 0 Å². The zero-order chi connectivity index (χ0) is 15.6. The minimum absolute atomic E-state index is 0.151. The number of ether oxygens (including phenoxy) is 1. The van der Waals surface area contributed by atoms with Crippen molar-refractivity contribution < 1.29 is 4.74 Å². The molecule has 0 spiro atoms. The Hall–Kier alpha value is -1.32. The molecule has 0 saturated heterocycles. The van der Waals surface area contributed by atoms with Crippen molar-refractivity contribution in [2.45, 2.75) is 32.2 Å². The van der Waals surface area contributed by atoms with Crippen molar-refractivity contribution in [3.05, 3.63) is 63.6 Å². The van der Waals surface area contributed by atoms with E-state index >= 15 is 0 Å². The van der Waals surface area contributed by atoms with Crippen LogP contribution < -0.4 is 10.5 Å². The summed E-state index contributed by atoms with van der Waals surface area (Å²) in [6.07, 6.45) is 0. The van der Waals surface area contributed by atoms with Gasteiger partial charge in [-0.2, -0.15) is 0 Å². The van der Waals surface area contributed by atoms with Crippen molar-refractivity contribution in [2.75, 3.05) is 7.11 Å². The lowest BCUT2D eigenvalue weighted by molar-refractivity contribution is 0.407. The van der Waals surface area contributed by atoms with Gasteiger partial charge in [-0.3, -0.25) is 0 Å². The van der Waals surface area contributed by atoms with Gasteiger partial charge in [0.05, 0.1) is 13.2 Å². The van der Waals surface area contributed by atoms with Crippen molar-refractivity contribution in [3.8, 4) is 5.75 Å². The number of methoxy groups -OCH3 is 1. The Kier molecular flexibility index (Phi) is 4.74. The van der Waals surface area contributed by atoms with Crippen LogP contribution in [0.25, 0.3) is 0 Å². The number of hydrogen-bond donors (Lipinski definition) is 1. The largest absolute Gasteiger partial charge is 0.496 e. The van der Waals surface area contributed by atoms with Crippen LogP contribution in [-0.4, -0.2) is 7.11 Å². The monoisotopic (exact) mass is 347 g/mol. The molecule has 2 aromatic carbocycles. The second kappa shape index (κ2) is 6.20. The molecule has 2 aromatic rings. The van der Waals surface area contributed by atoms with Gasteiger partial charge in [-0.1, -0.05) is 67.0 Å². The van der Waals surface area contributed by atoms with Gasteiger partial charge in [0.25, 0.3) is 0 Å². The molecule has 2 nitrogen and oxygen atoms in total. The minimum Gasteiger partial charge on any atom is -0.496 e. The predicted molar refractivity (Wildman–Crippen MR) is 91.9 cm³/mol. The molecule has 0 aliphatic rings. The molecule has 1 atom stereocenters. The topological polar surface area (TPSA) is 35.2 Å². The lowest BCUT2D eigenvalue weighted by Crippen LogP contribution is -2.15. The fourth-order valence-electron chi connectivity index (χ4n) is 2.31. The summed E-state index contributed by atoms with van der Waals surface area (Å²) in [5.41, 5.74) is 9.94. The summed E-state index contributed by atoms with van der Waals surface area (Å²) in [4.78, 5) is 0. The van der Waals surface area contributed by atoms with Crippen LogP contribution in [0.1, 0.15) is 43.5 Å². The fraction of sp³-hybridized carbons (Fsp3) is 0.333. The van der Waals surface area contributed by atoms with E-state index in [2.05, 4.69) is 61.0 Å². The second-order valence-electron chi connectivity index (χ2n) is 6.24. The highest BCUT2D eigenvalue weighted by Crippen LogP contribution is 2.32. The van der Waals surface area contributed by atoms with Crippen LogP contribution in [0.4, 0.5) is 0 Å². The molecule has 2 N–H and O–H groups in total. The SMILES string of the molecule is COc1cc(Br)ccc1C(N)c1ccc(C(C)(C)C)cc1. The number of halogens is 1. The summed E-state index contributed by atoms with van der Waals surface area (Å²) >= 11 is 3.45. The van der Waals surface area contributed by atoms with Gasteiger partial charge in [0.1, 0.15) is 5.75 Å². The van der Waals surface area contributed by atoms with Crippen LogP contribution in [-0.2, 0) is 5.41 Å². The highest BCUT2D eigenvalue weighted by atomic mass is 79.9. The van der Waals surface area contributed by atoms with Crippen LogP contribution in [0, 0.1) is 0 Å². The lowest BCUT2D eigenvalue weighted by Gasteiger charge is -2.21. The van der Waals surface area contributed by atoms with Crippen molar-refractivity contribution in [2.24, 2.45) is 5.73 Å². The molecule has 2 rings (SSSR count). The first kappa shape index (κ1) is 16.1. The Balaban J connectivity index is 2.34. The first-order chi connectivity index (χ1) is 9.82. The van der Waals surface area contributed by atoms with Crippen LogP contribution in [0.5, 0.6) is 5.75 Å². The molecule has 0 amide bonds. The second-order valence-corrected chi connectivity index (χ2v) is 7.15. The molecular weight excluding hydrogens is 326 g/mol. The lowest BCUT2D eigenvalue weighted by atomic mass is 9.86. The maximum absolute atomic E-state index is 6.41. The van der Waals surface area contributed by atoms with Gasteiger partial charge in [-0.15, -0.1) is 0 Å². The normalized spacial score (nSPS) is 13.0. The van der Waals surface area contributed by atoms with E-state index in [4.69, 9.17) is 10.5 Å².